The molecule has 1 N–H and O–H groups in total. The van der Waals surface area contributed by atoms with E-state index in [2.05, 4.69) is 17.4 Å². The van der Waals surface area contributed by atoms with Crippen LogP contribution < -0.4 is 10.1 Å². The monoisotopic (exact) mass is 308 g/mol. The summed E-state index contributed by atoms with van der Waals surface area (Å²) in [6.45, 7) is 1.15. The second-order valence-electron chi connectivity index (χ2n) is 5.17. The first-order valence-corrected chi connectivity index (χ1v) is 7.67. The van der Waals surface area contributed by atoms with Crippen molar-refractivity contribution < 1.29 is 9.53 Å². The smallest absolute Gasteiger partial charge is 0.234 e. The summed E-state index contributed by atoms with van der Waals surface area (Å²) in [5.41, 5.74) is 2.35. The maximum absolute atomic E-state index is 11.2. The van der Waals surface area contributed by atoms with Gasteiger partial charge in [0.15, 0.2) is 0 Å². The predicted molar refractivity (Wildman–Crippen MR) is 89.0 cm³/mol. The summed E-state index contributed by atoms with van der Waals surface area (Å²) in [5.74, 6) is 0.601. The van der Waals surface area contributed by atoms with Crippen LogP contribution in [0.1, 0.15) is 17.5 Å². The van der Waals surface area contributed by atoms with E-state index in [4.69, 9.17) is 10.00 Å². The van der Waals surface area contributed by atoms with Gasteiger partial charge in [-0.1, -0.05) is 42.5 Å². The highest BCUT2D eigenvalue weighted by atomic mass is 16.5. The average Bonchev–Trinajstić information content (AvgIpc) is 2.56. The second-order valence-corrected chi connectivity index (χ2v) is 5.17. The van der Waals surface area contributed by atoms with Gasteiger partial charge in [0.25, 0.3) is 0 Å². The van der Waals surface area contributed by atoms with Crippen LogP contribution in [0.15, 0.2) is 54.6 Å². The molecule has 2 aromatic carbocycles. The van der Waals surface area contributed by atoms with E-state index in [0.717, 1.165) is 17.7 Å². The van der Waals surface area contributed by atoms with Gasteiger partial charge in [-0.3, -0.25) is 4.79 Å². The average molecular weight is 308 g/mol. The van der Waals surface area contributed by atoms with Crippen molar-refractivity contribution >= 4 is 5.91 Å². The van der Waals surface area contributed by atoms with Crippen LogP contribution in [-0.2, 0) is 17.6 Å². The Morgan fingerprint density at radius 3 is 2.61 bits per heavy atom. The van der Waals surface area contributed by atoms with Gasteiger partial charge in [-0.2, -0.15) is 5.26 Å². The predicted octanol–water partition coefficient (Wildman–Crippen LogP) is 2.88. The fraction of sp³-hybridized carbons (Fsp3) is 0.263. The molecule has 1 amide bonds. The summed E-state index contributed by atoms with van der Waals surface area (Å²) in [4.78, 5) is 11.2. The molecule has 0 aliphatic rings. The van der Waals surface area contributed by atoms with Crippen LogP contribution in [0.25, 0.3) is 0 Å². The first kappa shape index (κ1) is 16.6. The molecule has 0 unspecified atom stereocenters. The molecule has 23 heavy (non-hydrogen) atoms. The van der Waals surface area contributed by atoms with Crippen LogP contribution in [0.4, 0.5) is 0 Å². The number of nitrogens with one attached hydrogen (secondary N) is 1. The molecule has 0 bridgehead atoms. The molecule has 0 spiro atoms. The van der Waals surface area contributed by atoms with Crippen LogP contribution >= 0.6 is 0 Å². The molecule has 0 atom stereocenters. The summed E-state index contributed by atoms with van der Waals surface area (Å²) in [5, 5.41) is 11.1. The van der Waals surface area contributed by atoms with Gasteiger partial charge in [0.05, 0.1) is 12.7 Å². The molecule has 0 radical (unpaired) electrons. The van der Waals surface area contributed by atoms with Crippen LogP contribution in [-0.4, -0.2) is 19.1 Å². The van der Waals surface area contributed by atoms with Crippen molar-refractivity contribution in [2.45, 2.75) is 19.3 Å². The second kappa shape index (κ2) is 9.26. The van der Waals surface area contributed by atoms with Crippen molar-refractivity contribution in [3.05, 3.63) is 65.7 Å². The van der Waals surface area contributed by atoms with Crippen molar-refractivity contribution in [1.29, 1.82) is 5.26 Å². The lowest BCUT2D eigenvalue weighted by molar-refractivity contribution is -0.120. The van der Waals surface area contributed by atoms with Gasteiger partial charge in [0.1, 0.15) is 12.2 Å². The van der Waals surface area contributed by atoms with E-state index in [9.17, 15) is 4.79 Å². The highest BCUT2D eigenvalue weighted by Crippen LogP contribution is 2.14. The summed E-state index contributed by atoms with van der Waals surface area (Å²) in [6.07, 6.45) is 1.49. The Morgan fingerprint density at radius 1 is 1.04 bits per heavy atom. The highest BCUT2D eigenvalue weighted by molar-refractivity contribution is 5.77. The van der Waals surface area contributed by atoms with Crippen LogP contribution in [0.3, 0.4) is 0 Å². The van der Waals surface area contributed by atoms with Gasteiger partial charge in [0.2, 0.25) is 5.91 Å². The topological polar surface area (TPSA) is 62.1 Å². The molecule has 0 heterocycles. The zero-order chi connectivity index (χ0) is 16.3. The van der Waals surface area contributed by atoms with Crippen molar-refractivity contribution in [3.63, 3.8) is 0 Å². The van der Waals surface area contributed by atoms with Crippen molar-refractivity contribution in [1.82, 2.24) is 5.32 Å². The van der Waals surface area contributed by atoms with Gasteiger partial charge in [-0.05, 0) is 29.7 Å². The van der Waals surface area contributed by atoms with E-state index in [1.54, 1.807) is 0 Å². The number of benzene rings is 2. The molecule has 4 nitrogen and oxygen atoms in total. The largest absolute Gasteiger partial charge is 0.493 e. The van der Waals surface area contributed by atoms with E-state index < -0.39 is 0 Å². The minimum absolute atomic E-state index is 0.0946. The SMILES string of the molecule is N#CCC(=O)NCCc1cccc(OCCc2ccccc2)c1. The third-order valence-electron chi connectivity index (χ3n) is 3.38. The molecule has 118 valence electrons. The van der Waals surface area contributed by atoms with Crippen molar-refractivity contribution in [3.8, 4) is 11.8 Å². The number of carbonyl (C=O) groups is 1. The van der Waals surface area contributed by atoms with Crippen LogP contribution in [0.5, 0.6) is 5.75 Å². The molecule has 4 heteroatoms. The number of rotatable bonds is 8. The fourth-order valence-corrected chi connectivity index (χ4v) is 2.20. The number of nitrogens with zero attached hydrogens (tertiary/aromatic N) is 1. The number of nitriles is 1. The molecule has 0 saturated carbocycles. The minimum atomic E-state index is -0.234. The van der Waals surface area contributed by atoms with E-state index in [1.807, 2.05) is 48.5 Å². The van der Waals surface area contributed by atoms with Gasteiger partial charge >= 0.3 is 0 Å². The Kier molecular flexibility index (Phi) is 6.67. The maximum Gasteiger partial charge on any atom is 0.234 e. The first-order chi connectivity index (χ1) is 11.3. The summed E-state index contributed by atoms with van der Waals surface area (Å²) in [7, 11) is 0. The standard InChI is InChI=1S/C19H20N2O2/c20-12-9-19(22)21-13-10-17-7-4-8-18(15-17)23-14-11-16-5-2-1-3-6-16/h1-8,15H,9-11,13-14H2,(H,21,22). The van der Waals surface area contributed by atoms with Crippen LogP contribution in [0, 0.1) is 11.3 Å². The number of hydrogen-bond donors (Lipinski definition) is 1. The zero-order valence-corrected chi connectivity index (χ0v) is 13.0. The van der Waals surface area contributed by atoms with E-state index >= 15 is 0 Å². The molecule has 2 rings (SSSR count). The number of hydrogen-bond acceptors (Lipinski definition) is 3. The molecule has 0 saturated heterocycles. The molecule has 0 aliphatic carbocycles. The lowest BCUT2D eigenvalue weighted by Gasteiger charge is -2.08. The van der Waals surface area contributed by atoms with Crippen molar-refractivity contribution in [2.75, 3.05) is 13.2 Å². The molecule has 0 aromatic heterocycles. The molecule has 0 aliphatic heterocycles. The Hall–Kier alpha value is -2.80. The Labute approximate surface area is 136 Å². The number of carbonyl (C=O) groups excluding carboxylic acids is 1. The maximum atomic E-state index is 11.2. The number of ether oxygens (including phenoxy) is 1. The van der Waals surface area contributed by atoms with Gasteiger partial charge in [-0.25, -0.2) is 0 Å². The first-order valence-electron chi connectivity index (χ1n) is 7.67. The van der Waals surface area contributed by atoms with Gasteiger partial charge in [0, 0.05) is 13.0 Å². The Balaban J connectivity index is 1.76. The molecular formula is C19H20N2O2. The van der Waals surface area contributed by atoms with Gasteiger partial charge < -0.3 is 10.1 Å². The zero-order valence-electron chi connectivity index (χ0n) is 13.0. The molecular weight excluding hydrogens is 288 g/mol. The number of amides is 1. The van der Waals surface area contributed by atoms with Crippen molar-refractivity contribution in [2.24, 2.45) is 0 Å². The van der Waals surface area contributed by atoms with E-state index in [0.29, 0.717) is 19.6 Å². The Bertz CT molecular complexity index is 663. The normalized spacial score (nSPS) is 9.87. The highest BCUT2D eigenvalue weighted by Gasteiger charge is 2.01. The minimum Gasteiger partial charge on any atom is -0.493 e. The van der Waals surface area contributed by atoms with Crippen LogP contribution in [0.2, 0.25) is 0 Å². The molecule has 2 aromatic rings. The van der Waals surface area contributed by atoms with E-state index in [1.165, 1.54) is 5.56 Å². The van der Waals surface area contributed by atoms with E-state index in [-0.39, 0.29) is 12.3 Å². The summed E-state index contributed by atoms with van der Waals surface area (Å²) >= 11 is 0. The summed E-state index contributed by atoms with van der Waals surface area (Å²) < 4.78 is 5.79. The Morgan fingerprint density at radius 2 is 1.83 bits per heavy atom. The quantitative estimate of drug-likeness (QED) is 0.815. The molecule has 0 fully saturated rings. The lowest BCUT2D eigenvalue weighted by Crippen LogP contribution is -2.24. The summed E-state index contributed by atoms with van der Waals surface area (Å²) in [6, 6.07) is 19.9. The fourth-order valence-electron chi connectivity index (χ4n) is 2.20. The third-order valence-corrected chi connectivity index (χ3v) is 3.38. The van der Waals surface area contributed by atoms with Gasteiger partial charge in [-0.15, -0.1) is 0 Å². The third kappa shape index (κ3) is 6.23. The lowest BCUT2D eigenvalue weighted by atomic mass is 10.1.